The molecule has 0 aliphatic rings. The summed E-state index contributed by atoms with van der Waals surface area (Å²) >= 11 is 0. The van der Waals surface area contributed by atoms with Crippen LogP contribution in [0.4, 0.5) is 0 Å². The molecule has 0 unspecified atom stereocenters. The van der Waals surface area contributed by atoms with Gasteiger partial charge in [-0.2, -0.15) is 5.10 Å². The first kappa shape index (κ1) is 30.6. The van der Waals surface area contributed by atoms with Gasteiger partial charge in [0.1, 0.15) is 6.34 Å². The molecular formula is C48H33N5. The van der Waals surface area contributed by atoms with Crippen LogP contribution in [0.1, 0.15) is 0 Å². The summed E-state index contributed by atoms with van der Waals surface area (Å²) in [6.45, 7) is 0. The molecule has 1 N–H and O–H groups in total. The normalized spacial score (nSPS) is 11.8. The van der Waals surface area contributed by atoms with Crippen LogP contribution < -0.4 is 5.49 Å². The maximum absolute atomic E-state index is 9.08. The molecule has 3 heterocycles. The molecular weight excluding hydrogens is 647 g/mol. The molecule has 0 radical (unpaired) electrons. The molecule has 0 fully saturated rings. The van der Waals surface area contributed by atoms with Crippen molar-refractivity contribution in [1.29, 1.82) is 5.41 Å². The minimum absolute atomic E-state index is 0.322. The van der Waals surface area contributed by atoms with Gasteiger partial charge in [0.2, 0.25) is 0 Å². The molecule has 0 spiro atoms. The van der Waals surface area contributed by atoms with Gasteiger partial charge < -0.3 is 4.57 Å². The lowest BCUT2D eigenvalue weighted by molar-refractivity contribution is 0.792. The Morgan fingerprint density at radius 3 is 1.66 bits per heavy atom. The fourth-order valence-corrected chi connectivity index (χ4v) is 7.72. The highest BCUT2D eigenvalue weighted by Crippen LogP contribution is 2.37. The zero-order chi connectivity index (χ0) is 35.3. The van der Waals surface area contributed by atoms with Gasteiger partial charge in [0, 0.05) is 39.0 Å². The van der Waals surface area contributed by atoms with E-state index < -0.39 is 0 Å². The molecule has 5 nitrogen and oxygen atoms in total. The van der Waals surface area contributed by atoms with Gasteiger partial charge in [-0.25, -0.2) is 4.68 Å². The average Bonchev–Trinajstić information content (AvgIpc) is 3.73. The number of hydrogen-bond acceptors (Lipinski definition) is 2. The smallest absolute Gasteiger partial charge is 0.153 e. The summed E-state index contributed by atoms with van der Waals surface area (Å²) in [5.74, 6) is 0. The summed E-state index contributed by atoms with van der Waals surface area (Å²) in [6, 6.07) is 63.8. The van der Waals surface area contributed by atoms with Crippen LogP contribution in [0.15, 0.2) is 193 Å². The second kappa shape index (κ2) is 12.5. The summed E-state index contributed by atoms with van der Waals surface area (Å²) in [5, 5.41) is 18.7. The monoisotopic (exact) mass is 679 g/mol. The molecule has 0 aliphatic heterocycles. The zero-order valence-electron chi connectivity index (χ0n) is 28.8. The molecule has 0 saturated heterocycles. The average molecular weight is 680 g/mol. The van der Waals surface area contributed by atoms with Crippen molar-refractivity contribution in [3.8, 4) is 39.1 Å². The highest BCUT2D eigenvalue weighted by Gasteiger charge is 2.15. The molecule has 7 aromatic carbocycles. The van der Waals surface area contributed by atoms with E-state index in [4.69, 9.17) is 10.5 Å². The quantitative estimate of drug-likeness (QED) is 0.134. The van der Waals surface area contributed by atoms with E-state index in [9.17, 15) is 0 Å². The van der Waals surface area contributed by atoms with Crippen LogP contribution in [0.3, 0.4) is 0 Å². The summed E-state index contributed by atoms with van der Waals surface area (Å²) in [5.41, 5.74) is 12.4. The predicted molar refractivity (Wildman–Crippen MR) is 220 cm³/mol. The van der Waals surface area contributed by atoms with Crippen molar-refractivity contribution in [2.75, 3.05) is 0 Å². The van der Waals surface area contributed by atoms with Gasteiger partial charge in [-0.3, -0.25) is 9.98 Å². The summed E-state index contributed by atoms with van der Waals surface area (Å²) in [4.78, 5) is 0. The first-order valence-electron chi connectivity index (χ1n) is 17.8. The van der Waals surface area contributed by atoms with Crippen LogP contribution in [-0.4, -0.2) is 20.1 Å². The lowest BCUT2D eigenvalue weighted by Gasteiger charge is -2.08. The number of nitrogens with one attached hydrogen (secondary N) is 1. The first-order valence-corrected chi connectivity index (χ1v) is 17.8. The third-order valence-electron chi connectivity index (χ3n) is 10.3. The van der Waals surface area contributed by atoms with Crippen LogP contribution in [0, 0.1) is 5.41 Å². The van der Waals surface area contributed by atoms with E-state index in [0.717, 1.165) is 49.7 Å². The number of para-hydroxylation sites is 3. The molecule has 10 aromatic rings. The SMILES string of the molecule is N=c1c(-c2ccc(-c3ccccc3)cc2)cccn1/N=C/n1c2ccccc2c2cc(-c3ccc4c(c3)c3ccccc3n4-c3ccccc3)ccc21. The Balaban J connectivity index is 1.03. The van der Waals surface area contributed by atoms with Crippen molar-refractivity contribution < 1.29 is 0 Å². The Bertz CT molecular complexity index is 3060. The van der Waals surface area contributed by atoms with Crippen molar-refractivity contribution in [3.05, 3.63) is 194 Å². The number of pyridine rings is 1. The van der Waals surface area contributed by atoms with Crippen LogP contribution >= 0.6 is 0 Å². The summed E-state index contributed by atoms with van der Waals surface area (Å²) < 4.78 is 6.11. The molecule has 250 valence electrons. The lowest BCUT2D eigenvalue weighted by atomic mass is 10.0. The number of rotatable bonds is 6. The zero-order valence-corrected chi connectivity index (χ0v) is 28.8. The molecule has 0 saturated carbocycles. The Morgan fingerprint density at radius 2 is 0.925 bits per heavy atom. The molecule has 5 heteroatoms. The van der Waals surface area contributed by atoms with Gasteiger partial charge in [0.25, 0.3) is 0 Å². The number of nitrogens with zero attached hydrogens (tertiary/aromatic N) is 4. The van der Waals surface area contributed by atoms with Gasteiger partial charge in [0.05, 0.1) is 22.1 Å². The highest BCUT2D eigenvalue weighted by atomic mass is 15.4. The van der Waals surface area contributed by atoms with Gasteiger partial charge in [-0.05, 0) is 88.5 Å². The van der Waals surface area contributed by atoms with E-state index in [-0.39, 0.29) is 0 Å². The van der Waals surface area contributed by atoms with Crippen molar-refractivity contribution in [1.82, 2.24) is 13.8 Å². The fourth-order valence-electron chi connectivity index (χ4n) is 7.72. The second-order valence-corrected chi connectivity index (χ2v) is 13.3. The lowest BCUT2D eigenvalue weighted by Crippen LogP contribution is -2.18. The number of fused-ring (bicyclic) bond motifs is 6. The van der Waals surface area contributed by atoms with E-state index in [1.807, 2.05) is 42.9 Å². The molecule has 3 aromatic heterocycles. The van der Waals surface area contributed by atoms with Gasteiger partial charge in [-0.15, -0.1) is 0 Å². The Hall–Kier alpha value is -7.24. The largest absolute Gasteiger partial charge is 0.309 e. The summed E-state index contributed by atoms with van der Waals surface area (Å²) in [7, 11) is 0. The maximum atomic E-state index is 9.08. The number of benzene rings is 7. The minimum Gasteiger partial charge on any atom is -0.309 e. The van der Waals surface area contributed by atoms with Crippen LogP contribution in [0.5, 0.6) is 0 Å². The first-order chi connectivity index (χ1) is 26.2. The van der Waals surface area contributed by atoms with Gasteiger partial charge in [-0.1, -0.05) is 121 Å². The van der Waals surface area contributed by atoms with Crippen molar-refractivity contribution in [2.45, 2.75) is 0 Å². The maximum Gasteiger partial charge on any atom is 0.153 e. The number of aromatic nitrogens is 3. The van der Waals surface area contributed by atoms with Crippen LogP contribution in [-0.2, 0) is 0 Å². The number of hydrogen-bond donors (Lipinski definition) is 1. The summed E-state index contributed by atoms with van der Waals surface area (Å²) in [6.07, 6.45) is 3.66. The standard InChI is InChI=1S/C48H33N5/c49-48-39(35-23-21-34(22-24-35)33-12-3-1-4-13-33)18-11-29-52(48)50-32-51-44-19-9-7-16-40(44)42-30-36(25-27-45(42)51)37-26-28-47-43(31-37)41-17-8-10-20-46(41)53(47)38-14-5-2-6-15-38/h1-32,49H/b49-48?,50-32+. The predicted octanol–water partition coefficient (Wildman–Crippen LogP) is 11.5. The van der Waals surface area contributed by atoms with Crippen LogP contribution in [0.25, 0.3) is 82.7 Å². The second-order valence-electron chi connectivity index (χ2n) is 13.3. The van der Waals surface area contributed by atoms with Gasteiger partial charge in [0.15, 0.2) is 5.49 Å². The fraction of sp³-hybridized carbons (Fsp3) is 0. The van der Waals surface area contributed by atoms with Gasteiger partial charge >= 0.3 is 0 Å². The van der Waals surface area contributed by atoms with E-state index >= 15 is 0 Å². The topological polar surface area (TPSA) is 51.0 Å². The van der Waals surface area contributed by atoms with Crippen LogP contribution in [0.2, 0.25) is 0 Å². The Morgan fingerprint density at radius 1 is 0.415 bits per heavy atom. The molecule has 53 heavy (non-hydrogen) atoms. The van der Waals surface area contributed by atoms with E-state index in [1.54, 1.807) is 4.68 Å². The molecule has 0 atom stereocenters. The molecule has 0 bridgehead atoms. The Labute approximate surface area is 306 Å². The minimum atomic E-state index is 0.322. The third kappa shape index (κ3) is 5.17. The van der Waals surface area contributed by atoms with E-state index in [0.29, 0.717) is 5.49 Å². The van der Waals surface area contributed by atoms with E-state index in [2.05, 4.69) is 161 Å². The van der Waals surface area contributed by atoms with Crippen molar-refractivity contribution in [3.63, 3.8) is 0 Å². The van der Waals surface area contributed by atoms with Crippen molar-refractivity contribution >= 4 is 50.0 Å². The highest BCUT2D eigenvalue weighted by molar-refractivity contribution is 6.13. The molecule has 0 aliphatic carbocycles. The van der Waals surface area contributed by atoms with Crippen molar-refractivity contribution in [2.24, 2.45) is 5.10 Å². The van der Waals surface area contributed by atoms with E-state index in [1.165, 1.54) is 32.9 Å². The molecule has 0 amide bonds. The molecule has 10 rings (SSSR count). The third-order valence-corrected chi connectivity index (χ3v) is 10.3. The Kier molecular flexibility index (Phi) is 7.22.